The smallest absolute Gasteiger partial charge is 0.323 e. The molecule has 0 unspecified atom stereocenters. The minimum atomic E-state index is -2.43. The maximum atomic E-state index is 11.8. The third-order valence-electron chi connectivity index (χ3n) is 1.41. The molecule has 0 heterocycles. The van der Waals surface area contributed by atoms with Crippen molar-refractivity contribution in [2.24, 2.45) is 5.73 Å². The summed E-state index contributed by atoms with van der Waals surface area (Å²) in [6.45, 7) is 5.10. The number of halogens is 2. The summed E-state index contributed by atoms with van der Waals surface area (Å²) in [6.07, 6.45) is -2.85. The van der Waals surface area contributed by atoms with Crippen LogP contribution >= 0.6 is 0 Å². The van der Waals surface area contributed by atoms with E-state index in [2.05, 4.69) is 0 Å². The molecule has 14 heavy (non-hydrogen) atoms. The van der Waals surface area contributed by atoms with Crippen LogP contribution in [-0.2, 0) is 9.53 Å². The molecule has 0 aromatic rings. The van der Waals surface area contributed by atoms with Crippen molar-refractivity contribution in [2.75, 3.05) is 0 Å². The van der Waals surface area contributed by atoms with Gasteiger partial charge in [-0.1, -0.05) is 0 Å². The zero-order chi connectivity index (χ0) is 11.4. The second-order valence-corrected chi connectivity index (χ2v) is 4.11. The van der Waals surface area contributed by atoms with E-state index in [0.29, 0.717) is 0 Å². The first-order valence-electron chi connectivity index (χ1n) is 4.49. The molecule has 1 atom stereocenters. The number of rotatable bonds is 4. The molecule has 0 aliphatic carbocycles. The lowest BCUT2D eigenvalue weighted by Gasteiger charge is -2.22. The third kappa shape index (κ3) is 6.77. The van der Waals surface area contributed by atoms with Gasteiger partial charge in [-0.3, -0.25) is 4.79 Å². The molecule has 0 amide bonds. The van der Waals surface area contributed by atoms with Gasteiger partial charge < -0.3 is 10.5 Å². The van der Waals surface area contributed by atoms with Gasteiger partial charge in [-0.25, -0.2) is 8.78 Å². The van der Waals surface area contributed by atoms with Crippen LogP contribution in [0.5, 0.6) is 0 Å². The van der Waals surface area contributed by atoms with Gasteiger partial charge in [0.15, 0.2) is 0 Å². The molecule has 0 bridgehead atoms. The van der Waals surface area contributed by atoms with Gasteiger partial charge in [0.2, 0.25) is 6.43 Å². The highest BCUT2D eigenvalue weighted by molar-refractivity contribution is 5.75. The zero-order valence-corrected chi connectivity index (χ0v) is 8.72. The number of esters is 1. The standard InChI is InChI=1S/C9H17F2NO2/c1-9(2,3)14-8(13)6(12)4-5-7(10)11/h6-7H,4-5,12H2,1-3H3/t6-/m1/s1. The fraction of sp³-hybridized carbons (Fsp3) is 0.889. The van der Waals surface area contributed by atoms with Crippen molar-refractivity contribution < 1.29 is 18.3 Å². The van der Waals surface area contributed by atoms with Crippen molar-refractivity contribution in [2.45, 2.75) is 51.7 Å². The van der Waals surface area contributed by atoms with Gasteiger partial charge in [0.1, 0.15) is 11.6 Å². The predicted octanol–water partition coefficient (Wildman–Crippen LogP) is 1.70. The van der Waals surface area contributed by atoms with E-state index < -0.39 is 24.0 Å². The van der Waals surface area contributed by atoms with Crippen LogP contribution < -0.4 is 5.73 Å². The summed E-state index contributed by atoms with van der Waals surface area (Å²) in [7, 11) is 0. The van der Waals surface area contributed by atoms with Gasteiger partial charge in [-0.15, -0.1) is 0 Å². The van der Waals surface area contributed by atoms with Crippen LogP contribution in [0.4, 0.5) is 8.78 Å². The maximum absolute atomic E-state index is 11.8. The molecule has 0 aliphatic rings. The Bertz CT molecular complexity index is 190. The molecule has 0 aromatic heterocycles. The first-order valence-corrected chi connectivity index (χ1v) is 4.49. The van der Waals surface area contributed by atoms with E-state index in [0.717, 1.165) is 0 Å². The van der Waals surface area contributed by atoms with Crippen LogP contribution in [0.3, 0.4) is 0 Å². The minimum Gasteiger partial charge on any atom is -0.459 e. The van der Waals surface area contributed by atoms with Gasteiger partial charge in [0, 0.05) is 6.42 Å². The molecule has 3 nitrogen and oxygen atoms in total. The van der Waals surface area contributed by atoms with E-state index in [1.165, 1.54) is 0 Å². The van der Waals surface area contributed by atoms with Crippen LogP contribution in [0.15, 0.2) is 0 Å². The molecule has 0 saturated heterocycles. The molecule has 0 fully saturated rings. The second-order valence-electron chi connectivity index (χ2n) is 4.11. The molecule has 0 radical (unpaired) electrons. The second kappa shape index (κ2) is 5.24. The summed E-state index contributed by atoms with van der Waals surface area (Å²) in [6, 6.07) is -0.955. The lowest BCUT2D eigenvalue weighted by Crippen LogP contribution is -2.37. The Hall–Kier alpha value is -0.710. The number of nitrogens with two attached hydrogens (primary N) is 1. The van der Waals surface area contributed by atoms with Crippen LogP contribution in [-0.4, -0.2) is 24.0 Å². The van der Waals surface area contributed by atoms with Gasteiger partial charge >= 0.3 is 5.97 Å². The molecule has 0 aromatic carbocycles. The number of ether oxygens (including phenoxy) is 1. The molecule has 0 aliphatic heterocycles. The van der Waals surface area contributed by atoms with E-state index in [9.17, 15) is 13.6 Å². The summed E-state index contributed by atoms with van der Waals surface area (Å²) >= 11 is 0. The first kappa shape index (κ1) is 13.3. The number of hydrogen-bond acceptors (Lipinski definition) is 3. The Balaban J connectivity index is 3.88. The molecule has 5 heteroatoms. The lowest BCUT2D eigenvalue weighted by molar-refractivity contribution is -0.156. The topological polar surface area (TPSA) is 52.3 Å². The third-order valence-corrected chi connectivity index (χ3v) is 1.41. The largest absolute Gasteiger partial charge is 0.459 e. The highest BCUT2D eigenvalue weighted by Gasteiger charge is 2.22. The number of hydrogen-bond donors (Lipinski definition) is 1. The van der Waals surface area contributed by atoms with E-state index in [1.807, 2.05) is 0 Å². The van der Waals surface area contributed by atoms with Crippen molar-refractivity contribution in [1.29, 1.82) is 0 Å². The molecular weight excluding hydrogens is 192 g/mol. The highest BCUT2D eigenvalue weighted by Crippen LogP contribution is 2.11. The molecule has 2 N–H and O–H groups in total. The fourth-order valence-electron chi connectivity index (χ4n) is 0.801. The number of carbonyl (C=O) groups is 1. The predicted molar refractivity (Wildman–Crippen MR) is 49.1 cm³/mol. The van der Waals surface area contributed by atoms with Crippen LogP contribution in [0, 0.1) is 0 Å². The van der Waals surface area contributed by atoms with Crippen molar-refractivity contribution in [3.63, 3.8) is 0 Å². The summed E-state index contributed by atoms with van der Waals surface area (Å²) in [5.41, 5.74) is 4.74. The van der Waals surface area contributed by atoms with E-state index in [-0.39, 0.29) is 12.8 Å². The Morgan fingerprint density at radius 1 is 1.36 bits per heavy atom. The van der Waals surface area contributed by atoms with E-state index in [1.54, 1.807) is 20.8 Å². The summed E-state index contributed by atoms with van der Waals surface area (Å²) in [5, 5.41) is 0. The molecule has 0 spiro atoms. The normalized spacial score (nSPS) is 14.2. The number of alkyl halides is 2. The first-order chi connectivity index (χ1) is 6.22. The Morgan fingerprint density at radius 3 is 2.21 bits per heavy atom. The SMILES string of the molecule is CC(C)(C)OC(=O)[C@H](N)CCC(F)F. The average molecular weight is 209 g/mol. The lowest BCUT2D eigenvalue weighted by atomic mass is 10.1. The van der Waals surface area contributed by atoms with Gasteiger partial charge in [-0.05, 0) is 27.2 Å². The van der Waals surface area contributed by atoms with Crippen LogP contribution in [0.2, 0.25) is 0 Å². The van der Waals surface area contributed by atoms with Crippen molar-refractivity contribution in [3.8, 4) is 0 Å². The molecule has 84 valence electrons. The quantitative estimate of drug-likeness (QED) is 0.717. The monoisotopic (exact) mass is 209 g/mol. The molecule has 0 rings (SSSR count). The van der Waals surface area contributed by atoms with Gasteiger partial charge in [0.25, 0.3) is 0 Å². The zero-order valence-electron chi connectivity index (χ0n) is 8.72. The molecular formula is C9H17F2NO2. The summed E-state index contributed by atoms with van der Waals surface area (Å²) in [4.78, 5) is 11.2. The van der Waals surface area contributed by atoms with Crippen LogP contribution in [0.25, 0.3) is 0 Å². The summed E-state index contributed by atoms with van der Waals surface area (Å²) < 4.78 is 28.5. The molecule has 0 saturated carbocycles. The summed E-state index contributed by atoms with van der Waals surface area (Å²) in [5.74, 6) is -0.627. The minimum absolute atomic E-state index is 0.0490. The van der Waals surface area contributed by atoms with Crippen LogP contribution in [0.1, 0.15) is 33.6 Å². The average Bonchev–Trinajstić information content (AvgIpc) is 1.96. The van der Waals surface area contributed by atoms with Crippen molar-refractivity contribution in [1.82, 2.24) is 0 Å². The number of carbonyl (C=O) groups excluding carboxylic acids is 1. The Kier molecular flexibility index (Phi) is 4.97. The van der Waals surface area contributed by atoms with Gasteiger partial charge in [0.05, 0.1) is 0 Å². The van der Waals surface area contributed by atoms with Crippen molar-refractivity contribution >= 4 is 5.97 Å². The van der Waals surface area contributed by atoms with E-state index >= 15 is 0 Å². The van der Waals surface area contributed by atoms with Crippen molar-refractivity contribution in [3.05, 3.63) is 0 Å². The fourth-order valence-corrected chi connectivity index (χ4v) is 0.801. The Morgan fingerprint density at radius 2 is 1.86 bits per heavy atom. The Labute approximate surface area is 82.6 Å². The maximum Gasteiger partial charge on any atom is 0.323 e. The van der Waals surface area contributed by atoms with E-state index in [4.69, 9.17) is 10.5 Å². The van der Waals surface area contributed by atoms with Gasteiger partial charge in [-0.2, -0.15) is 0 Å². The highest BCUT2D eigenvalue weighted by atomic mass is 19.3.